The second kappa shape index (κ2) is 6.11. The van der Waals surface area contributed by atoms with Crippen molar-refractivity contribution in [2.45, 2.75) is 13.3 Å². The Morgan fingerprint density at radius 3 is 2.95 bits per heavy atom. The van der Waals surface area contributed by atoms with E-state index in [1.807, 2.05) is 24.4 Å². The third kappa shape index (κ3) is 2.86. The average molecular weight is 302 g/mol. The zero-order chi connectivity index (χ0) is 13.8. The van der Waals surface area contributed by atoms with Crippen LogP contribution in [0.5, 0.6) is 0 Å². The van der Waals surface area contributed by atoms with Crippen LogP contribution < -0.4 is 5.32 Å². The maximum Gasteiger partial charge on any atom is 0.183 e. The van der Waals surface area contributed by atoms with Crippen molar-refractivity contribution in [3.8, 4) is 21.3 Å². The molecule has 3 aromatic heterocycles. The summed E-state index contributed by atoms with van der Waals surface area (Å²) in [5.74, 6) is 0. The summed E-state index contributed by atoms with van der Waals surface area (Å²) in [7, 11) is 0. The maximum absolute atomic E-state index is 4.58. The largest absolute Gasteiger partial charge is 0.362 e. The van der Waals surface area contributed by atoms with Crippen molar-refractivity contribution >= 4 is 27.8 Å². The van der Waals surface area contributed by atoms with Crippen LogP contribution in [0.15, 0.2) is 36.0 Å². The second-order valence-electron chi connectivity index (χ2n) is 4.21. The summed E-state index contributed by atoms with van der Waals surface area (Å²) >= 11 is 3.25. The third-order valence-electron chi connectivity index (χ3n) is 2.67. The summed E-state index contributed by atoms with van der Waals surface area (Å²) in [6.45, 7) is 3.10. The summed E-state index contributed by atoms with van der Waals surface area (Å²) in [6.07, 6.45) is 4.75. The lowest BCUT2D eigenvalue weighted by Gasteiger charge is -1.96. The molecule has 0 aliphatic carbocycles. The van der Waals surface area contributed by atoms with Gasteiger partial charge in [0.05, 0.1) is 16.3 Å². The van der Waals surface area contributed by atoms with Crippen molar-refractivity contribution in [3.63, 3.8) is 0 Å². The van der Waals surface area contributed by atoms with E-state index < -0.39 is 0 Å². The number of thiazole rings is 2. The fourth-order valence-corrected chi connectivity index (χ4v) is 3.37. The molecule has 0 aliphatic rings. The van der Waals surface area contributed by atoms with E-state index in [0.29, 0.717) is 0 Å². The third-order valence-corrected chi connectivity index (χ3v) is 4.51. The first kappa shape index (κ1) is 13.2. The van der Waals surface area contributed by atoms with Gasteiger partial charge in [0.2, 0.25) is 0 Å². The van der Waals surface area contributed by atoms with Crippen LogP contribution in [0.2, 0.25) is 0 Å². The molecule has 0 atom stereocenters. The van der Waals surface area contributed by atoms with E-state index in [4.69, 9.17) is 0 Å². The van der Waals surface area contributed by atoms with Crippen molar-refractivity contribution in [3.05, 3.63) is 36.0 Å². The Bertz CT molecular complexity index is 675. The second-order valence-corrected chi connectivity index (χ2v) is 6.10. The molecule has 0 spiro atoms. The standard InChI is InChI=1S/C14H14N4S2/c1-2-6-16-14-18-11(9-19-14)12-8-17-13(20-12)10-5-3-4-7-15-10/h3-5,7-9H,2,6H2,1H3,(H,16,18). The van der Waals surface area contributed by atoms with E-state index in [2.05, 4.69) is 32.6 Å². The molecule has 0 amide bonds. The van der Waals surface area contributed by atoms with Crippen molar-refractivity contribution in [2.24, 2.45) is 0 Å². The summed E-state index contributed by atoms with van der Waals surface area (Å²) < 4.78 is 0. The minimum atomic E-state index is 0.906. The number of nitrogens with one attached hydrogen (secondary N) is 1. The van der Waals surface area contributed by atoms with Gasteiger partial charge in [0.25, 0.3) is 0 Å². The molecular formula is C14H14N4S2. The lowest BCUT2D eigenvalue weighted by molar-refractivity contribution is 0.976. The Balaban J connectivity index is 1.81. The van der Waals surface area contributed by atoms with Gasteiger partial charge in [-0.05, 0) is 18.6 Å². The topological polar surface area (TPSA) is 50.7 Å². The molecule has 1 N–H and O–H groups in total. The van der Waals surface area contributed by atoms with Crippen LogP contribution in [0.25, 0.3) is 21.3 Å². The quantitative estimate of drug-likeness (QED) is 0.769. The SMILES string of the molecule is CCCNc1nc(-c2cnc(-c3ccccn3)s2)cs1. The predicted octanol–water partition coefficient (Wildman–Crippen LogP) is 4.15. The summed E-state index contributed by atoms with van der Waals surface area (Å²) in [4.78, 5) is 14.4. The molecule has 102 valence electrons. The van der Waals surface area contributed by atoms with Gasteiger partial charge >= 0.3 is 0 Å². The lowest BCUT2D eigenvalue weighted by atomic mass is 10.4. The fourth-order valence-electron chi connectivity index (χ4n) is 1.70. The van der Waals surface area contributed by atoms with E-state index in [1.54, 1.807) is 28.9 Å². The van der Waals surface area contributed by atoms with E-state index in [-0.39, 0.29) is 0 Å². The molecule has 0 aromatic carbocycles. The Labute approximate surface area is 125 Å². The fraction of sp³-hybridized carbons (Fsp3) is 0.214. The van der Waals surface area contributed by atoms with Gasteiger partial charge in [-0.1, -0.05) is 13.0 Å². The summed E-state index contributed by atoms with van der Waals surface area (Å²) in [5.41, 5.74) is 1.89. The van der Waals surface area contributed by atoms with Crippen LogP contribution >= 0.6 is 22.7 Å². The molecule has 0 radical (unpaired) electrons. The first-order valence-corrected chi connectivity index (χ1v) is 8.13. The smallest absolute Gasteiger partial charge is 0.183 e. The molecule has 20 heavy (non-hydrogen) atoms. The van der Waals surface area contributed by atoms with Gasteiger partial charge in [-0.15, -0.1) is 22.7 Å². The lowest BCUT2D eigenvalue weighted by Crippen LogP contribution is -1.98. The number of nitrogens with zero attached hydrogens (tertiary/aromatic N) is 3. The van der Waals surface area contributed by atoms with Crippen molar-refractivity contribution in [2.75, 3.05) is 11.9 Å². The van der Waals surface area contributed by atoms with Gasteiger partial charge in [-0.2, -0.15) is 0 Å². The van der Waals surface area contributed by atoms with E-state index in [0.717, 1.165) is 39.4 Å². The highest BCUT2D eigenvalue weighted by Gasteiger charge is 2.10. The normalized spacial score (nSPS) is 10.7. The van der Waals surface area contributed by atoms with Crippen LogP contribution in [0.4, 0.5) is 5.13 Å². The molecule has 0 bridgehead atoms. The molecule has 0 saturated carbocycles. The average Bonchev–Trinajstić information content (AvgIpc) is 3.15. The minimum absolute atomic E-state index is 0.906. The molecule has 3 rings (SSSR count). The van der Waals surface area contributed by atoms with Crippen molar-refractivity contribution in [1.82, 2.24) is 15.0 Å². The van der Waals surface area contributed by atoms with Crippen LogP contribution in [-0.4, -0.2) is 21.5 Å². The first-order valence-electron chi connectivity index (χ1n) is 6.44. The zero-order valence-electron chi connectivity index (χ0n) is 11.0. The van der Waals surface area contributed by atoms with Gasteiger partial charge in [-0.25, -0.2) is 9.97 Å². The van der Waals surface area contributed by atoms with E-state index >= 15 is 0 Å². The molecule has 3 heterocycles. The van der Waals surface area contributed by atoms with Crippen molar-refractivity contribution < 1.29 is 0 Å². The maximum atomic E-state index is 4.58. The molecule has 0 saturated heterocycles. The molecule has 4 nitrogen and oxygen atoms in total. The van der Waals surface area contributed by atoms with Crippen LogP contribution in [0.3, 0.4) is 0 Å². The zero-order valence-corrected chi connectivity index (χ0v) is 12.7. The Morgan fingerprint density at radius 2 is 2.15 bits per heavy atom. The van der Waals surface area contributed by atoms with Crippen LogP contribution in [0.1, 0.15) is 13.3 Å². The van der Waals surface area contributed by atoms with E-state index in [1.165, 1.54) is 0 Å². The Hall–Kier alpha value is -1.79. The number of rotatable bonds is 5. The van der Waals surface area contributed by atoms with Crippen molar-refractivity contribution in [1.29, 1.82) is 0 Å². The van der Waals surface area contributed by atoms with Gasteiger partial charge in [0.1, 0.15) is 5.01 Å². The number of aromatic nitrogens is 3. The summed E-state index contributed by atoms with van der Waals surface area (Å²) in [6, 6.07) is 5.85. The molecular weight excluding hydrogens is 288 g/mol. The first-order chi connectivity index (χ1) is 9.86. The number of anilines is 1. The minimum Gasteiger partial charge on any atom is -0.362 e. The molecule has 0 aliphatic heterocycles. The molecule has 3 aromatic rings. The number of pyridine rings is 1. The van der Waals surface area contributed by atoms with Gasteiger partial charge < -0.3 is 5.32 Å². The van der Waals surface area contributed by atoms with Gasteiger partial charge in [-0.3, -0.25) is 4.98 Å². The van der Waals surface area contributed by atoms with Crippen LogP contribution in [0, 0.1) is 0 Å². The van der Waals surface area contributed by atoms with Gasteiger partial charge in [0.15, 0.2) is 5.13 Å². The molecule has 6 heteroatoms. The predicted molar refractivity (Wildman–Crippen MR) is 85.2 cm³/mol. The number of hydrogen-bond donors (Lipinski definition) is 1. The highest BCUT2D eigenvalue weighted by Crippen LogP contribution is 2.32. The number of hydrogen-bond acceptors (Lipinski definition) is 6. The highest BCUT2D eigenvalue weighted by molar-refractivity contribution is 7.19. The Kier molecular flexibility index (Phi) is 4.03. The van der Waals surface area contributed by atoms with E-state index in [9.17, 15) is 0 Å². The summed E-state index contributed by atoms with van der Waals surface area (Å²) in [5, 5.41) is 7.26. The highest BCUT2D eigenvalue weighted by atomic mass is 32.1. The molecule has 0 fully saturated rings. The molecule has 0 unspecified atom stereocenters. The van der Waals surface area contributed by atoms with Crippen LogP contribution in [-0.2, 0) is 0 Å². The monoisotopic (exact) mass is 302 g/mol. The Morgan fingerprint density at radius 1 is 1.20 bits per heavy atom. The van der Waals surface area contributed by atoms with Gasteiger partial charge in [0, 0.05) is 24.3 Å².